The molecule has 1 N–H and O–H groups in total. The van der Waals surface area contributed by atoms with Gasteiger partial charge in [0.05, 0.1) is 6.54 Å². The van der Waals surface area contributed by atoms with Gasteiger partial charge in [-0.1, -0.05) is 30.0 Å². The van der Waals surface area contributed by atoms with Gasteiger partial charge in [-0.15, -0.1) is 0 Å². The standard InChI is InChI=1S/C17H26N2/c1-16(2)19(3)15-8-7-13-18-14-9-12-17-10-5-4-6-11-17/h4-6,10-11,16,18H,7-8,13-15H2,1-3H3. The lowest BCUT2D eigenvalue weighted by molar-refractivity contribution is 0.268. The van der Waals surface area contributed by atoms with Crippen LogP contribution in [0, 0.1) is 11.8 Å². The summed E-state index contributed by atoms with van der Waals surface area (Å²) < 4.78 is 0. The van der Waals surface area contributed by atoms with E-state index in [9.17, 15) is 0 Å². The van der Waals surface area contributed by atoms with Gasteiger partial charge in [0.2, 0.25) is 0 Å². The average molecular weight is 258 g/mol. The first-order valence-electron chi connectivity index (χ1n) is 7.15. The molecule has 19 heavy (non-hydrogen) atoms. The van der Waals surface area contributed by atoms with E-state index in [1.807, 2.05) is 30.3 Å². The molecule has 2 nitrogen and oxygen atoms in total. The van der Waals surface area contributed by atoms with E-state index in [1.54, 1.807) is 0 Å². The van der Waals surface area contributed by atoms with Gasteiger partial charge in [-0.25, -0.2) is 0 Å². The number of rotatable bonds is 7. The summed E-state index contributed by atoms with van der Waals surface area (Å²) in [4.78, 5) is 2.38. The van der Waals surface area contributed by atoms with E-state index in [4.69, 9.17) is 0 Å². The fourth-order valence-corrected chi connectivity index (χ4v) is 1.69. The second-order valence-corrected chi connectivity index (χ2v) is 5.13. The molecule has 2 heteroatoms. The zero-order valence-electron chi connectivity index (χ0n) is 12.4. The average Bonchev–Trinajstić information content (AvgIpc) is 2.42. The van der Waals surface area contributed by atoms with Crippen molar-refractivity contribution in [2.24, 2.45) is 0 Å². The van der Waals surface area contributed by atoms with Crippen molar-refractivity contribution >= 4 is 0 Å². The maximum Gasteiger partial charge on any atom is 0.0580 e. The molecule has 104 valence electrons. The molecule has 0 spiro atoms. The first kappa shape index (κ1) is 15.8. The van der Waals surface area contributed by atoms with Crippen LogP contribution in [0.2, 0.25) is 0 Å². The van der Waals surface area contributed by atoms with E-state index in [1.165, 1.54) is 19.4 Å². The molecule has 1 rings (SSSR count). The third-order valence-corrected chi connectivity index (χ3v) is 3.22. The molecule has 0 saturated heterocycles. The Labute approximate surface area is 118 Å². The molecule has 0 aliphatic rings. The summed E-state index contributed by atoms with van der Waals surface area (Å²) in [5.74, 6) is 6.30. The lowest BCUT2D eigenvalue weighted by Gasteiger charge is -2.20. The van der Waals surface area contributed by atoms with Gasteiger partial charge in [-0.2, -0.15) is 0 Å². The zero-order valence-corrected chi connectivity index (χ0v) is 12.4. The molecule has 0 fully saturated rings. The van der Waals surface area contributed by atoms with Gasteiger partial charge in [-0.05, 0) is 59.0 Å². The largest absolute Gasteiger partial charge is 0.306 e. The van der Waals surface area contributed by atoms with Crippen molar-refractivity contribution in [1.82, 2.24) is 10.2 Å². The van der Waals surface area contributed by atoms with E-state index in [0.717, 1.165) is 18.7 Å². The first-order chi connectivity index (χ1) is 9.20. The number of benzene rings is 1. The molecule has 0 atom stereocenters. The monoisotopic (exact) mass is 258 g/mol. The summed E-state index contributed by atoms with van der Waals surface area (Å²) >= 11 is 0. The predicted octanol–water partition coefficient (Wildman–Crippen LogP) is 2.75. The molecule has 0 heterocycles. The van der Waals surface area contributed by atoms with Gasteiger partial charge in [-0.3, -0.25) is 0 Å². The minimum Gasteiger partial charge on any atom is -0.306 e. The molecular weight excluding hydrogens is 232 g/mol. The van der Waals surface area contributed by atoms with Crippen molar-refractivity contribution in [3.05, 3.63) is 35.9 Å². The maximum atomic E-state index is 3.37. The summed E-state index contributed by atoms with van der Waals surface area (Å²) in [7, 11) is 2.18. The van der Waals surface area contributed by atoms with Crippen LogP contribution >= 0.6 is 0 Å². The van der Waals surface area contributed by atoms with Gasteiger partial charge in [0.15, 0.2) is 0 Å². The lowest BCUT2D eigenvalue weighted by atomic mass is 10.2. The van der Waals surface area contributed by atoms with Crippen molar-refractivity contribution in [3.8, 4) is 11.8 Å². The molecule has 0 aromatic heterocycles. The highest BCUT2D eigenvalue weighted by Gasteiger charge is 2.01. The molecule has 0 saturated carbocycles. The van der Waals surface area contributed by atoms with Crippen molar-refractivity contribution < 1.29 is 0 Å². The summed E-state index contributed by atoms with van der Waals surface area (Å²) in [5.41, 5.74) is 1.09. The van der Waals surface area contributed by atoms with Crippen molar-refractivity contribution in [1.29, 1.82) is 0 Å². The summed E-state index contributed by atoms with van der Waals surface area (Å²) in [6.45, 7) is 7.47. The minimum atomic E-state index is 0.643. The Morgan fingerprint density at radius 1 is 1.16 bits per heavy atom. The third-order valence-electron chi connectivity index (χ3n) is 3.22. The quantitative estimate of drug-likeness (QED) is 0.597. The SMILES string of the molecule is CC(C)N(C)CCCCNCC#Cc1ccccc1. The van der Waals surface area contributed by atoms with E-state index in [0.29, 0.717) is 6.04 Å². The molecule has 0 aliphatic carbocycles. The highest BCUT2D eigenvalue weighted by atomic mass is 15.1. The Morgan fingerprint density at radius 2 is 1.89 bits per heavy atom. The Morgan fingerprint density at radius 3 is 2.58 bits per heavy atom. The summed E-state index contributed by atoms with van der Waals surface area (Å²) in [5, 5.41) is 3.37. The number of hydrogen-bond acceptors (Lipinski definition) is 2. The van der Waals surface area contributed by atoms with Crippen molar-refractivity contribution in [3.63, 3.8) is 0 Å². The van der Waals surface area contributed by atoms with E-state index in [2.05, 4.69) is 43.0 Å². The molecule has 0 bridgehead atoms. The number of unbranched alkanes of at least 4 members (excludes halogenated alkanes) is 1. The molecule has 0 radical (unpaired) electrons. The number of hydrogen-bond donors (Lipinski definition) is 1. The van der Waals surface area contributed by atoms with Crippen LogP contribution in [0.25, 0.3) is 0 Å². The second-order valence-electron chi connectivity index (χ2n) is 5.13. The van der Waals surface area contributed by atoms with Gasteiger partial charge in [0.25, 0.3) is 0 Å². The van der Waals surface area contributed by atoms with Crippen molar-refractivity contribution in [2.45, 2.75) is 32.7 Å². The zero-order chi connectivity index (χ0) is 13.9. The topological polar surface area (TPSA) is 15.3 Å². The van der Waals surface area contributed by atoms with E-state index in [-0.39, 0.29) is 0 Å². The fourth-order valence-electron chi connectivity index (χ4n) is 1.69. The predicted molar refractivity (Wildman–Crippen MR) is 83.2 cm³/mol. The highest BCUT2D eigenvalue weighted by molar-refractivity contribution is 5.33. The minimum absolute atomic E-state index is 0.643. The fraction of sp³-hybridized carbons (Fsp3) is 0.529. The van der Waals surface area contributed by atoms with Crippen molar-refractivity contribution in [2.75, 3.05) is 26.7 Å². The number of nitrogens with one attached hydrogen (secondary N) is 1. The van der Waals surface area contributed by atoms with E-state index >= 15 is 0 Å². The Kier molecular flexibility index (Phi) is 7.97. The van der Waals surface area contributed by atoms with E-state index < -0.39 is 0 Å². The third kappa shape index (κ3) is 7.66. The molecule has 1 aromatic rings. The van der Waals surface area contributed by atoms with Crippen LogP contribution in [-0.4, -0.2) is 37.6 Å². The van der Waals surface area contributed by atoms with Crippen LogP contribution in [0.4, 0.5) is 0 Å². The summed E-state index contributed by atoms with van der Waals surface area (Å²) in [6.07, 6.45) is 2.46. The summed E-state index contributed by atoms with van der Waals surface area (Å²) in [6, 6.07) is 10.8. The van der Waals surface area contributed by atoms with Crippen LogP contribution < -0.4 is 5.32 Å². The van der Waals surface area contributed by atoms with Gasteiger partial charge in [0.1, 0.15) is 0 Å². The molecule has 1 aromatic carbocycles. The number of nitrogens with zero attached hydrogens (tertiary/aromatic N) is 1. The molecular formula is C17H26N2. The molecule has 0 unspecified atom stereocenters. The Balaban J connectivity index is 2.02. The molecule has 0 aliphatic heterocycles. The Bertz CT molecular complexity index is 387. The highest BCUT2D eigenvalue weighted by Crippen LogP contribution is 1.97. The van der Waals surface area contributed by atoms with Crippen LogP contribution in [0.1, 0.15) is 32.3 Å². The first-order valence-corrected chi connectivity index (χ1v) is 7.15. The van der Waals surface area contributed by atoms with Crippen LogP contribution in [0.3, 0.4) is 0 Å². The van der Waals surface area contributed by atoms with Crippen LogP contribution in [0.15, 0.2) is 30.3 Å². The van der Waals surface area contributed by atoms with Gasteiger partial charge in [0, 0.05) is 11.6 Å². The lowest BCUT2D eigenvalue weighted by Crippen LogP contribution is -2.27. The Hall–Kier alpha value is -1.30. The second kappa shape index (κ2) is 9.61. The molecule has 0 amide bonds. The smallest absolute Gasteiger partial charge is 0.0580 e. The normalized spacial score (nSPS) is 10.6. The van der Waals surface area contributed by atoms with Crippen LogP contribution in [-0.2, 0) is 0 Å². The maximum absolute atomic E-state index is 3.37. The van der Waals surface area contributed by atoms with Gasteiger partial charge < -0.3 is 10.2 Å². The van der Waals surface area contributed by atoms with Gasteiger partial charge >= 0.3 is 0 Å². The van der Waals surface area contributed by atoms with Crippen LogP contribution in [0.5, 0.6) is 0 Å².